The molecule has 0 aromatic carbocycles. The summed E-state index contributed by atoms with van der Waals surface area (Å²) in [5.41, 5.74) is 0. The molecule has 3 heteroatoms. The van der Waals surface area contributed by atoms with Gasteiger partial charge in [-0.3, -0.25) is 4.79 Å². The Morgan fingerprint density at radius 3 is 2.37 bits per heavy atom. The Morgan fingerprint density at radius 2 is 1.68 bits per heavy atom. The number of unbranched alkanes of at least 4 members (excludes halogenated alkanes) is 1. The van der Waals surface area contributed by atoms with Crippen LogP contribution in [0.2, 0.25) is 0 Å². The third-order valence-electron chi connectivity index (χ3n) is 4.79. The lowest BCUT2D eigenvalue weighted by Gasteiger charge is -2.33. The van der Waals surface area contributed by atoms with Crippen molar-refractivity contribution < 1.29 is 9.53 Å². The summed E-state index contributed by atoms with van der Waals surface area (Å²) >= 11 is 0. The van der Waals surface area contributed by atoms with E-state index in [1.165, 1.54) is 58.2 Å². The van der Waals surface area contributed by atoms with Crippen molar-refractivity contribution in [2.75, 3.05) is 32.8 Å². The van der Waals surface area contributed by atoms with E-state index in [4.69, 9.17) is 4.74 Å². The number of hydrogen-bond donors (Lipinski definition) is 0. The van der Waals surface area contributed by atoms with Gasteiger partial charge in [-0.15, -0.1) is 0 Å². The van der Waals surface area contributed by atoms with Gasteiger partial charge in [0, 0.05) is 19.6 Å². The van der Waals surface area contributed by atoms with Crippen molar-refractivity contribution >= 4 is 6.29 Å². The van der Waals surface area contributed by atoms with E-state index >= 15 is 0 Å². The molecule has 0 aliphatic carbocycles. The molecule has 2 aliphatic heterocycles. The van der Waals surface area contributed by atoms with Crippen molar-refractivity contribution in [3.63, 3.8) is 0 Å². The van der Waals surface area contributed by atoms with E-state index in [1.54, 1.807) is 0 Å². The predicted molar refractivity (Wildman–Crippen MR) is 76.9 cm³/mol. The zero-order valence-corrected chi connectivity index (χ0v) is 12.1. The maximum absolute atomic E-state index is 10.2. The highest BCUT2D eigenvalue weighted by molar-refractivity contribution is 5.50. The second kappa shape index (κ2) is 8.70. The van der Waals surface area contributed by atoms with Crippen LogP contribution in [0.25, 0.3) is 0 Å². The molecule has 2 saturated heterocycles. The van der Waals surface area contributed by atoms with E-state index in [9.17, 15) is 4.79 Å². The fourth-order valence-corrected chi connectivity index (χ4v) is 3.36. The minimum Gasteiger partial charge on any atom is -0.381 e. The number of ether oxygens (including phenoxy) is 1. The normalized spacial score (nSPS) is 23.6. The third-order valence-corrected chi connectivity index (χ3v) is 4.79. The number of rotatable bonds is 7. The second-order valence-electron chi connectivity index (χ2n) is 6.17. The molecule has 0 bridgehead atoms. The van der Waals surface area contributed by atoms with Crippen LogP contribution in [0.4, 0.5) is 0 Å². The molecule has 0 saturated carbocycles. The topological polar surface area (TPSA) is 29.5 Å². The molecular weight excluding hydrogens is 238 g/mol. The molecule has 0 aromatic heterocycles. The van der Waals surface area contributed by atoms with Crippen molar-refractivity contribution in [1.29, 1.82) is 0 Å². The highest BCUT2D eigenvalue weighted by Gasteiger charge is 2.20. The Labute approximate surface area is 117 Å². The van der Waals surface area contributed by atoms with Gasteiger partial charge in [-0.05, 0) is 76.4 Å². The van der Waals surface area contributed by atoms with Gasteiger partial charge in [0.25, 0.3) is 0 Å². The summed E-state index contributed by atoms with van der Waals surface area (Å²) in [5, 5.41) is 0. The van der Waals surface area contributed by atoms with Crippen LogP contribution in [0.15, 0.2) is 0 Å². The van der Waals surface area contributed by atoms with Crippen LogP contribution in [0, 0.1) is 11.8 Å². The van der Waals surface area contributed by atoms with Crippen LogP contribution in [0.3, 0.4) is 0 Å². The first-order valence-corrected chi connectivity index (χ1v) is 8.03. The van der Waals surface area contributed by atoms with Gasteiger partial charge < -0.3 is 9.64 Å². The van der Waals surface area contributed by atoms with Crippen molar-refractivity contribution in [2.45, 2.75) is 51.4 Å². The van der Waals surface area contributed by atoms with Crippen LogP contribution >= 0.6 is 0 Å². The van der Waals surface area contributed by atoms with Crippen molar-refractivity contribution in [2.24, 2.45) is 11.8 Å². The molecule has 0 N–H and O–H groups in total. The van der Waals surface area contributed by atoms with Crippen LogP contribution < -0.4 is 0 Å². The van der Waals surface area contributed by atoms with Gasteiger partial charge in [-0.25, -0.2) is 0 Å². The van der Waals surface area contributed by atoms with E-state index in [0.717, 1.165) is 31.5 Å². The van der Waals surface area contributed by atoms with Gasteiger partial charge in [0.2, 0.25) is 0 Å². The maximum Gasteiger partial charge on any atom is 0.198 e. The zero-order valence-electron chi connectivity index (χ0n) is 12.1. The fraction of sp³-hybridized carbons (Fsp3) is 0.938. The predicted octanol–water partition coefficient (Wildman–Crippen LogP) is 2.80. The highest BCUT2D eigenvalue weighted by atomic mass is 16.5. The lowest BCUT2D eigenvalue weighted by Crippen LogP contribution is -2.35. The van der Waals surface area contributed by atoms with E-state index in [-0.39, 0.29) is 0 Å². The minimum absolute atomic E-state index is 0.629. The molecule has 0 spiro atoms. The summed E-state index contributed by atoms with van der Waals surface area (Å²) in [7, 11) is 0. The van der Waals surface area contributed by atoms with Gasteiger partial charge in [0.15, 0.2) is 6.29 Å². The van der Waals surface area contributed by atoms with Gasteiger partial charge in [-0.1, -0.05) is 0 Å². The SMILES string of the molecule is O=[C]CCCC1CCN(CCC2CCOCC2)CC1. The van der Waals surface area contributed by atoms with E-state index in [1.807, 2.05) is 6.29 Å². The van der Waals surface area contributed by atoms with E-state index in [0.29, 0.717) is 6.42 Å². The molecule has 19 heavy (non-hydrogen) atoms. The van der Waals surface area contributed by atoms with Crippen molar-refractivity contribution in [3.05, 3.63) is 0 Å². The Kier molecular flexibility index (Phi) is 6.86. The standard InChI is InChI=1S/C16H28NO2/c18-12-2-1-3-15-4-9-17(10-5-15)11-6-16-7-13-19-14-8-16/h15-16H,1-11,13-14H2. The molecule has 2 rings (SSSR count). The molecule has 0 amide bonds. The summed E-state index contributed by atoms with van der Waals surface area (Å²) in [6.45, 7) is 5.75. The lowest BCUT2D eigenvalue weighted by molar-refractivity contribution is 0.0580. The molecule has 3 nitrogen and oxygen atoms in total. The lowest BCUT2D eigenvalue weighted by atomic mass is 9.91. The molecule has 109 valence electrons. The third kappa shape index (κ3) is 5.62. The van der Waals surface area contributed by atoms with Gasteiger partial charge in [0.1, 0.15) is 0 Å². The first-order valence-electron chi connectivity index (χ1n) is 8.03. The Morgan fingerprint density at radius 1 is 1.00 bits per heavy atom. The molecule has 0 atom stereocenters. The van der Waals surface area contributed by atoms with Gasteiger partial charge in [0.05, 0.1) is 0 Å². The average Bonchev–Trinajstić information content (AvgIpc) is 2.48. The van der Waals surface area contributed by atoms with Crippen molar-refractivity contribution in [1.82, 2.24) is 4.90 Å². The number of likely N-dealkylation sites (tertiary alicyclic amines) is 1. The number of hydrogen-bond acceptors (Lipinski definition) is 3. The quantitative estimate of drug-likeness (QED) is 0.664. The zero-order chi connectivity index (χ0) is 13.3. The Hall–Kier alpha value is -0.410. The molecular formula is C16H28NO2. The first kappa shape index (κ1) is 15.0. The first-order chi connectivity index (χ1) is 9.38. The summed E-state index contributed by atoms with van der Waals surface area (Å²) in [6.07, 6.45) is 11.4. The molecule has 2 heterocycles. The Balaban J connectivity index is 1.54. The van der Waals surface area contributed by atoms with Crippen LogP contribution in [-0.4, -0.2) is 44.0 Å². The van der Waals surface area contributed by atoms with Crippen LogP contribution in [-0.2, 0) is 9.53 Å². The Bertz CT molecular complexity index is 243. The number of nitrogens with zero attached hydrogens (tertiary/aromatic N) is 1. The summed E-state index contributed by atoms with van der Waals surface area (Å²) in [5.74, 6) is 1.75. The summed E-state index contributed by atoms with van der Waals surface area (Å²) < 4.78 is 5.41. The smallest absolute Gasteiger partial charge is 0.198 e. The monoisotopic (exact) mass is 266 g/mol. The molecule has 0 aromatic rings. The van der Waals surface area contributed by atoms with Crippen molar-refractivity contribution in [3.8, 4) is 0 Å². The van der Waals surface area contributed by atoms with Crippen LogP contribution in [0.1, 0.15) is 51.4 Å². The summed E-state index contributed by atoms with van der Waals surface area (Å²) in [4.78, 5) is 12.8. The number of carbonyl (C=O) groups excluding carboxylic acids is 1. The fourth-order valence-electron chi connectivity index (χ4n) is 3.36. The minimum atomic E-state index is 0.629. The number of piperidine rings is 1. The van der Waals surface area contributed by atoms with E-state index in [2.05, 4.69) is 4.90 Å². The summed E-state index contributed by atoms with van der Waals surface area (Å²) in [6, 6.07) is 0. The molecule has 2 aliphatic rings. The molecule has 0 unspecified atom stereocenters. The van der Waals surface area contributed by atoms with Gasteiger partial charge >= 0.3 is 0 Å². The molecule has 2 fully saturated rings. The highest BCUT2D eigenvalue weighted by Crippen LogP contribution is 2.24. The largest absolute Gasteiger partial charge is 0.381 e. The van der Waals surface area contributed by atoms with Gasteiger partial charge in [-0.2, -0.15) is 0 Å². The molecule has 1 radical (unpaired) electrons. The second-order valence-corrected chi connectivity index (χ2v) is 6.17. The van der Waals surface area contributed by atoms with Crippen LogP contribution in [0.5, 0.6) is 0 Å². The maximum atomic E-state index is 10.2. The van der Waals surface area contributed by atoms with E-state index < -0.39 is 0 Å². The average molecular weight is 266 g/mol.